The summed E-state index contributed by atoms with van der Waals surface area (Å²) in [6.07, 6.45) is 3.83. The van der Waals surface area contributed by atoms with Crippen LogP contribution in [0.5, 0.6) is 0 Å². The molecule has 0 saturated carbocycles. The number of amides is 1. The van der Waals surface area contributed by atoms with Crippen LogP contribution in [0.25, 0.3) is 0 Å². The fourth-order valence-electron chi connectivity index (χ4n) is 5.17. The molecule has 0 saturated heterocycles. The molecule has 2 aliphatic rings. The molecule has 224 valence electrons. The molecule has 0 atom stereocenters. The number of carbonyl (C=O) groups is 1. The Morgan fingerprint density at radius 3 is 2.50 bits per heavy atom. The third kappa shape index (κ3) is 6.45. The van der Waals surface area contributed by atoms with Crippen molar-refractivity contribution in [1.29, 1.82) is 0 Å². The Morgan fingerprint density at radius 1 is 1.12 bits per heavy atom. The van der Waals surface area contributed by atoms with Gasteiger partial charge >= 0.3 is 6.09 Å². The van der Waals surface area contributed by atoms with Crippen molar-refractivity contribution in [2.75, 3.05) is 34.5 Å². The predicted molar refractivity (Wildman–Crippen MR) is 156 cm³/mol. The van der Waals surface area contributed by atoms with Gasteiger partial charge in [-0.3, -0.25) is 9.88 Å². The molecule has 2 aliphatic heterocycles. The average molecular weight is 601 g/mol. The summed E-state index contributed by atoms with van der Waals surface area (Å²) in [7, 11) is -3.13. The fraction of sp³-hybridized carbons (Fsp3) is 0.448. The molecule has 1 aromatic carbocycles. The number of hydrogen-bond acceptors (Lipinski definition) is 9. The van der Waals surface area contributed by atoms with Crippen LogP contribution in [0, 0.1) is 6.92 Å². The molecule has 13 heteroatoms. The van der Waals surface area contributed by atoms with Gasteiger partial charge in [0, 0.05) is 37.7 Å². The Balaban J connectivity index is 1.40. The van der Waals surface area contributed by atoms with E-state index in [0.29, 0.717) is 48.0 Å². The lowest BCUT2D eigenvalue weighted by Gasteiger charge is -2.37. The Hall–Kier alpha value is -3.87. The number of aromatic nitrogens is 3. The van der Waals surface area contributed by atoms with Crippen LogP contribution >= 0.6 is 0 Å². The highest BCUT2D eigenvalue weighted by Crippen LogP contribution is 2.45. The lowest BCUT2D eigenvalue weighted by atomic mass is 9.98. The Labute approximate surface area is 244 Å². The zero-order valence-electron chi connectivity index (χ0n) is 24.2. The van der Waals surface area contributed by atoms with Gasteiger partial charge in [-0.25, -0.2) is 23.2 Å². The number of nitrogens with one attached hydrogen (secondary N) is 1. The van der Waals surface area contributed by atoms with Crippen LogP contribution < -0.4 is 15.1 Å². The summed E-state index contributed by atoms with van der Waals surface area (Å²) in [6.45, 7) is 7.73. The molecular formula is C29H34F2N6O4S. The number of alkyl halides is 2. The van der Waals surface area contributed by atoms with E-state index in [4.69, 9.17) is 9.72 Å². The lowest BCUT2D eigenvalue weighted by molar-refractivity contribution is -0.0205. The Kier molecular flexibility index (Phi) is 7.58. The number of hydrogen-bond donors (Lipinski definition) is 1. The highest BCUT2D eigenvalue weighted by molar-refractivity contribution is 7.89. The molecule has 1 N–H and O–H groups in total. The van der Waals surface area contributed by atoms with Crippen LogP contribution in [0.15, 0.2) is 36.7 Å². The number of sulfone groups is 1. The Morgan fingerprint density at radius 2 is 1.83 bits per heavy atom. The summed E-state index contributed by atoms with van der Waals surface area (Å²) in [5, 5.41) is 3.15. The molecule has 3 aromatic rings. The molecule has 0 radical (unpaired) electrons. The lowest BCUT2D eigenvalue weighted by Crippen LogP contribution is -2.44. The minimum atomic E-state index is -3.16. The summed E-state index contributed by atoms with van der Waals surface area (Å²) in [6, 6.07) is 7.01. The number of carbonyl (C=O) groups excluding carboxylic acids is 1. The van der Waals surface area contributed by atoms with Crippen molar-refractivity contribution in [2.24, 2.45) is 0 Å². The normalized spacial score (nSPS) is 16.5. The number of benzene rings is 1. The van der Waals surface area contributed by atoms with E-state index < -0.39 is 39.6 Å². The van der Waals surface area contributed by atoms with Crippen LogP contribution in [-0.2, 0) is 39.2 Å². The van der Waals surface area contributed by atoms with E-state index in [9.17, 15) is 22.0 Å². The van der Waals surface area contributed by atoms with E-state index in [0.717, 1.165) is 11.3 Å². The van der Waals surface area contributed by atoms with Crippen molar-refractivity contribution in [1.82, 2.24) is 15.0 Å². The van der Waals surface area contributed by atoms with Gasteiger partial charge < -0.3 is 15.0 Å². The third-order valence-electron chi connectivity index (χ3n) is 7.08. The fourth-order valence-corrected chi connectivity index (χ4v) is 5.96. The quantitative estimate of drug-likeness (QED) is 0.418. The van der Waals surface area contributed by atoms with Crippen LogP contribution in [0.1, 0.15) is 55.3 Å². The minimum Gasteiger partial charge on any atom is -0.443 e. The summed E-state index contributed by atoms with van der Waals surface area (Å²) in [5.41, 5.74) is 3.19. The minimum absolute atomic E-state index is 0.0391. The summed E-state index contributed by atoms with van der Waals surface area (Å²) in [4.78, 5) is 29.6. The van der Waals surface area contributed by atoms with Crippen molar-refractivity contribution in [3.63, 3.8) is 0 Å². The van der Waals surface area contributed by atoms with Gasteiger partial charge in [0.25, 0.3) is 5.92 Å². The largest absolute Gasteiger partial charge is 0.443 e. The molecule has 4 heterocycles. The molecule has 10 nitrogen and oxygen atoms in total. The number of halogens is 2. The van der Waals surface area contributed by atoms with Gasteiger partial charge in [-0.15, -0.1) is 0 Å². The van der Waals surface area contributed by atoms with E-state index in [-0.39, 0.29) is 18.0 Å². The van der Waals surface area contributed by atoms with Crippen molar-refractivity contribution in [3.8, 4) is 0 Å². The van der Waals surface area contributed by atoms with Gasteiger partial charge in [0.1, 0.15) is 11.3 Å². The highest BCUT2D eigenvalue weighted by Gasteiger charge is 2.45. The van der Waals surface area contributed by atoms with Gasteiger partial charge in [-0.05, 0) is 62.9 Å². The third-order valence-corrected chi connectivity index (χ3v) is 7.94. The number of pyridine rings is 1. The predicted octanol–water partition coefficient (Wildman–Crippen LogP) is 5.27. The van der Waals surface area contributed by atoms with Gasteiger partial charge in [0.2, 0.25) is 5.95 Å². The van der Waals surface area contributed by atoms with Gasteiger partial charge in [-0.1, -0.05) is 12.1 Å². The molecule has 5 rings (SSSR count). The van der Waals surface area contributed by atoms with E-state index in [1.54, 1.807) is 58.2 Å². The monoisotopic (exact) mass is 600 g/mol. The number of anilines is 4. The van der Waals surface area contributed by atoms with Crippen LogP contribution in [0.3, 0.4) is 0 Å². The van der Waals surface area contributed by atoms with Crippen LogP contribution in [-0.4, -0.2) is 54.4 Å². The standard InChI is InChI=1S/C29H34F2N6O4S/c1-18-23(15-32-25-24(18)37(13-11-29(25,30)31)27(38)41-28(2,3)4)36-12-10-20-14-33-26(35-22(20)16-36)34-21-8-6-19(7-9-21)17-42(5,39)40/h6-9,14-15H,10-13,16-17H2,1-5H3,(H,33,34,35). The highest BCUT2D eigenvalue weighted by atomic mass is 32.2. The molecule has 42 heavy (non-hydrogen) atoms. The maximum Gasteiger partial charge on any atom is 0.414 e. The van der Waals surface area contributed by atoms with Gasteiger partial charge in [0.05, 0.1) is 35.6 Å². The van der Waals surface area contributed by atoms with Crippen molar-refractivity contribution >= 4 is 38.9 Å². The first-order valence-corrected chi connectivity index (χ1v) is 15.7. The summed E-state index contributed by atoms with van der Waals surface area (Å²) < 4.78 is 58.5. The first-order chi connectivity index (χ1) is 19.6. The second-order valence-electron chi connectivity index (χ2n) is 11.8. The maximum absolute atomic E-state index is 14.9. The average Bonchev–Trinajstić information content (AvgIpc) is 2.88. The SMILES string of the molecule is Cc1c(N2CCc3cnc(Nc4ccc(CS(C)(=O)=O)cc4)nc3C2)cnc2c1N(C(=O)OC(C)(C)C)CCC2(F)F. The van der Waals surface area contributed by atoms with Gasteiger partial charge in [0.15, 0.2) is 9.84 Å². The first-order valence-electron chi connectivity index (χ1n) is 13.6. The zero-order chi connectivity index (χ0) is 30.4. The number of nitrogens with zero attached hydrogens (tertiary/aromatic N) is 5. The Bertz CT molecular complexity index is 1620. The van der Waals surface area contributed by atoms with Crippen LogP contribution in [0.4, 0.5) is 36.6 Å². The van der Waals surface area contributed by atoms with E-state index >= 15 is 0 Å². The van der Waals surface area contributed by atoms with E-state index in [2.05, 4.69) is 15.3 Å². The van der Waals surface area contributed by atoms with Crippen molar-refractivity contribution in [2.45, 2.75) is 64.4 Å². The van der Waals surface area contributed by atoms with Crippen molar-refractivity contribution < 1.29 is 26.7 Å². The topological polar surface area (TPSA) is 118 Å². The number of fused-ring (bicyclic) bond motifs is 2. The maximum atomic E-state index is 14.9. The smallest absolute Gasteiger partial charge is 0.414 e. The number of rotatable bonds is 5. The zero-order valence-corrected chi connectivity index (χ0v) is 25.1. The molecule has 1 amide bonds. The first kappa shape index (κ1) is 29.6. The second kappa shape index (κ2) is 10.8. The second-order valence-corrected chi connectivity index (χ2v) is 13.9. The summed E-state index contributed by atoms with van der Waals surface area (Å²) >= 11 is 0. The van der Waals surface area contributed by atoms with Gasteiger partial charge in [-0.2, -0.15) is 8.78 Å². The molecular weight excluding hydrogens is 566 g/mol. The molecule has 0 unspecified atom stereocenters. The van der Waals surface area contributed by atoms with Crippen molar-refractivity contribution in [3.05, 3.63) is 64.7 Å². The molecule has 0 spiro atoms. The number of ether oxygens (including phenoxy) is 1. The summed E-state index contributed by atoms with van der Waals surface area (Å²) in [5.74, 6) is -2.83. The van der Waals surface area contributed by atoms with E-state index in [1.807, 2.05) is 4.90 Å². The molecule has 0 aliphatic carbocycles. The van der Waals surface area contributed by atoms with E-state index in [1.165, 1.54) is 17.4 Å². The molecule has 0 bridgehead atoms. The molecule has 2 aromatic heterocycles. The van der Waals surface area contributed by atoms with Crippen LogP contribution in [0.2, 0.25) is 0 Å². The molecule has 0 fully saturated rings.